The fraction of sp³-hybridized carbons (Fsp3) is 0.0500. The SMILES string of the molecule is Cc1[nH]n(-c2ccc(S(=O)(=O)[O-])cc2)c(=O)c1N=Nc1cc(Cl)c(N=Nc2c(O)[nH]c(=O)[nH]c2=O)cc1Cl. The predicted molar refractivity (Wildman–Crippen MR) is 133 cm³/mol. The highest BCUT2D eigenvalue weighted by Gasteiger charge is 2.14. The summed E-state index contributed by atoms with van der Waals surface area (Å²) in [5.41, 5.74) is -2.59. The topological polar surface area (TPSA) is 230 Å². The summed E-state index contributed by atoms with van der Waals surface area (Å²) < 4.78 is 34.4. The number of halogens is 2. The summed E-state index contributed by atoms with van der Waals surface area (Å²) >= 11 is 12.4. The van der Waals surface area contributed by atoms with Crippen molar-refractivity contribution < 1.29 is 18.1 Å². The summed E-state index contributed by atoms with van der Waals surface area (Å²) in [6, 6.07) is 7.18. The summed E-state index contributed by atoms with van der Waals surface area (Å²) in [5.74, 6) is -0.797. The van der Waals surface area contributed by atoms with Crippen LogP contribution in [0.2, 0.25) is 10.0 Å². The minimum Gasteiger partial charge on any atom is -0.744 e. The van der Waals surface area contributed by atoms with Crippen LogP contribution in [0.1, 0.15) is 5.69 Å². The van der Waals surface area contributed by atoms with Gasteiger partial charge in [-0.2, -0.15) is 0 Å². The second-order valence-electron chi connectivity index (χ2n) is 7.43. The Morgan fingerprint density at radius 1 is 0.895 bits per heavy atom. The molecule has 0 aliphatic rings. The van der Waals surface area contributed by atoms with Crippen LogP contribution in [0.5, 0.6) is 5.88 Å². The summed E-state index contributed by atoms with van der Waals surface area (Å²) in [5, 5.41) is 27.6. The molecular weight excluding hydrogens is 567 g/mol. The van der Waals surface area contributed by atoms with E-state index in [0.717, 1.165) is 16.8 Å². The lowest BCUT2D eigenvalue weighted by molar-refractivity contribution is 0.450. The van der Waals surface area contributed by atoms with Gasteiger partial charge >= 0.3 is 5.69 Å². The second-order valence-corrected chi connectivity index (χ2v) is 9.63. The molecule has 4 aromatic rings. The maximum Gasteiger partial charge on any atom is 0.328 e. The average Bonchev–Trinajstić information content (AvgIpc) is 3.12. The Bertz CT molecular complexity index is 1910. The molecule has 2 aromatic carbocycles. The minimum absolute atomic E-state index is 0.00498. The molecule has 196 valence electrons. The van der Waals surface area contributed by atoms with Gasteiger partial charge in [0.25, 0.3) is 11.1 Å². The normalized spacial score (nSPS) is 12.1. The first-order valence-corrected chi connectivity index (χ1v) is 12.3. The molecule has 2 heterocycles. The number of aromatic hydroxyl groups is 1. The number of aromatic nitrogens is 4. The monoisotopic (exact) mass is 579 g/mol. The van der Waals surface area contributed by atoms with Gasteiger partial charge in [-0.15, -0.1) is 20.5 Å². The van der Waals surface area contributed by atoms with Gasteiger partial charge in [-0.3, -0.25) is 24.7 Å². The fourth-order valence-electron chi connectivity index (χ4n) is 3.05. The van der Waals surface area contributed by atoms with E-state index in [1.54, 1.807) is 6.92 Å². The maximum absolute atomic E-state index is 12.8. The van der Waals surface area contributed by atoms with E-state index < -0.39 is 43.4 Å². The number of aryl methyl sites for hydroxylation is 1. The van der Waals surface area contributed by atoms with E-state index in [0.29, 0.717) is 5.69 Å². The third-order valence-corrected chi connectivity index (χ3v) is 6.31. The zero-order valence-corrected chi connectivity index (χ0v) is 21.1. The molecule has 0 unspecified atom stereocenters. The van der Waals surface area contributed by atoms with Crippen LogP contribution in [0.3, 0.4) is 0 Å². The molecule has 0 saturated heterocycles. The molecule has 0 amide bonds. The lowest BCUT2D eigenvalue weighted by Gasteiger charge is -2.07. The molecule has 0 bridgehead atoms. The number of rotatable bonds is 6. The molecule has 38 heavy (non-hydrogen) atoms. The van der Waals surface area contributed by atoms with Crippen molar-refractivity contribution in [3.05, 3.63) is 83.3 Å². The minimum atomic E-state index is -4.64. The van der Waals surface area contributed by atoms with E-state index in [4.69, 9.17) is 23.2 Å². The molecule has 4 N–H and O–H groups in total. The Morgan fingerprint density at radius 3 is 1.97 bits per heavy atom. The average molecular weight is 580 g/mol. The Hall–Kier alpha value is -4.38. The quantitative estimate of drug-likeness (QED) is 0.195. The number of hydrogen-bond acceptors (Lipinski definition) is 11. The van der Waals surface area contributed by atoms with Gasteiger partial charge in [-0.1, -0.05) is 23.2 Å². The van der Waals surface area contributed by atoms with Gasteiger partial charge in [0.15, 0.2) is 5.69 Å². The van der Waals surface area contributed by atoms with Crippen molar-refractivity contribution in [2.24, 2.45) is 20.5 Å². The summed E-state index contributed by atoms with van der Waals surface area (Å²) in [7, 11) is -4.64. The molecule has 0 fully saturated rings. The highest BCUT2D eigenvalue weighted by Crippen LogP contribution is 2.37. The van der Waals surface area contributed by atoms with Crippen LogP contribution in [-0.4, -0.2) is 37.8 Å². The van der Waals surface area contributed by atoms with Crippen LogP contribution in [0, 0.1) is 6.92 Å². The number of aromatic amines is 3. The first kappa shape index (κ1) is 26.7. The third kappa shape index (κ3) is 5.47. The molecular formula is C20H13Cl2N8O7S-. The van der Waals surface area contributed by atoms with E-state index in [1.807, 2.05) is 9.97 Å². The molecule has 4 rings (SSSR count). The van der Waals surface area contributed by atoms with Gasteiger partial charge in [0.2, 0.25) is 11.6 Å². The number of nitrogens with one attached hydrogen (secondary N) is 3. The predicted octanol–water partition coefficient (Wildman–Crippen LogP) is 3.60. The standard InChI is InChI=1S/C20H14Cl2N8O7S/c1-8-15(19(33)30(29-8)9-2-4-10(5-3-9)38(35,36)37)27-25-13-6-12(22)14(7-11(13)21)26-28-16-17(31)23-20(34)24-18(16)32/h2-7,29H,1H3,(H,35,36,37)(H3,23,24,31,32,34)/p-1. The van der Waals surface area contributed by atoms with Crippen molar-refractivity contribution in [3.63, 3.8) is 0 Å². The lowest BCUT2D eigenvalue weighted by Crippen LogP contribution is -2.20. The summed E-state index contributed by atoms with van der Waals surface area (Å²) in [6.07, 6.45) is 0. The van der Waals surface area contributed by atoms with Crippen LogP contribution >= 0.6 is 23.2 Å². The Morgan fingerprint density at radius 2 is 1.45 bits per heavy atom. The van der Waals surface area contributed by atoms with Gasteiger partial charge in [0, 0.05) is 0 Å². The van der Waals surface area contributed by atoms with E-state index in [2.05, 4.69) is 25.6 Å². The molecule has 0 spiro atoms. The molecule has 2 aromatic heterocycles. The third-order valence-electron chi connectivity index (χ3n) is 4.85. The number of benzene rings is 2. The maximum atomic E-state index is 12.8. The Kier molecular flexibility index (Phi) is 7.14. The first-order valence-electron chi connectivity index (χ1n) is 10.1. The highest BCUT2D eigenvalue weighted by molar-refractivity contribution is 7.85. The van der Waals surface area contributed by atoms with Crippen molar-refractivity contribution >= 4 is 56.1 Å². The van der Waals surface area contributed by atoms with Crippen molar-refractivity contribution in [3.8, 4) is 11.6 Å². The van der Waals surface area contributed by atoms with Crippen LogP contribution in [0.25, 0.3) is 5.69 Å². The van der Waals surface area contributed by atoms with Crippen molar-refractivity contribution in [2.45, 2.75) is 11.8 Å². The van der Waals surface area contributed by atoms with Crippen molar-refractivity contribution in [2.75, 3.05) is 0 Å². The molecule has 0 aliphatic heterocycles. The number of azo groups is 2. The zero-order valence-electron chi connectivity index (χ0n) is 18.8. The molecule has 0 aliphatic carbocycles. The van der Waals surface area contributed by atoms with E-state index in [9.17, 15) is 32.5 Å². The largest absolute Gasteiger partial charge is 0.744 e. The van der Waals surface area contributed by atoms with E-state index >= 15 is 0 Å². The second kappa shape index (κ2) is 10.2. The van der Waals surface area contributed by atoms with Crippen molar-refractivity contribution in [1.29, 1.82) is 0 Å². The zero-order chi connectivity index (χ0) is 27.8. The number of H-pyrrole nitrogens is 3. The van der Waals surface area contributed by atoms with Crippen molar-refractivity contribution in [1.82, 2.24) is 19.7 Å². The van der Waals surface area contributed by atoms with Crippen LogP contribution in [0.4, 0.5) is 22.7 Å². The molecule has 18 heteroatoms. The van der Waals surface area contributed by atoms with E-state index in [1.165, 1.54) is 24.3 Å². The van der Waals surface area contributed by atoms with Gasteiger partial charge in [-0.05, 0) is 43.3 Å². The number of hydrogen-bond donors (Lipinski definition) is 4. The van der Waals surface area contributed by atoms with Gasteiger partial charge in [0.05, 0.1) is 26.3 Å². The van der Waals surface area contributed by atoms with Crippen LogP contribution < -0.4 is 16.8 Å². The van der Waals surface area contributed by atoms with E-state index in [-0.39, 0.29) is 32.8 Å². The van der Waals surface area contributed by atoms with Gasteiger partial charge in [-0.25, -0.2) is 17.9 Å². The van der Waals surface area contributed by atoms with Crippen LogP contribution in [0.15, 0.2) is 76.1 Å². The van der Waals surface area contributed by atoms with Gasteiger partial charge < -0.3 is 9.66 Å². The summed E-state index contributed by atoms with van der Waals surface area (Å²) in [6.45, 7) is 1.55. The first-order chi connectivity index (χ1) is 17.8. The molecule has 0 saturated carbocycles. The Labute approximate surface area is 220 Å². The smallest absolute Gasteiger partial charge is 0.328 e. The fourth-order valence-corrected chi connectivity index (χ4v) is 3.91. The lowest BCUT2D eigenvalue weighted by atomic mass is 10.3. The van der Waals surface area contributed by atoms with Gasteiger partial charge in [0.1, 0.15) is 21.5 Å². The van der Waals surface area contributed by atoms with Crippen LogP contribution in [-0.2, 0) is 10.1 Å². The Balaban J connectivity index is 1.62. The molecule has 0 atom stereocenters. The number of nitrogens with zero attached hydrogens (tertiary/aromatic N) is 5. The molecule has 15 nitrogen and oxygen atoms in total. The summed E-state index contributed by atoms with van der Waals surface area (Å²) in [4.78, 5) is 39.1. The highest BCUT2D eigenvalue weighted by atomic mass is 35.5. The molecule has 0 radical (unpaired) electrons.